The lowest BCUT2D eigenvalue weighted by Gasteiger charge is -2.44. The third kappa shape index (κ3) is 10.0. The van der Waals surface area contributed by atoms with Gasteiger partial charge < -0.3 is 23.4 Å². The minimum absolute atomic E-state index is 0.0205. The lowest BCUT2D eigenvalue weighted by atomic mass is 9.94. The normalized spacial score (nSPS) is 19.5. The smallest absolute Gasteiger partial charge is 0.261 e. The van der Waals surface area contributed by atoms with E-state index in [0.29, 0.717) is 13.2 Å². The SMILES string of the molecule is COc1ccc(CO[C@@H](/C=C/C=C/CCC[C@@H](C)O[Si](c2ccccc2)(c2ccccc2)C(C)(C)C)C[C@@H]2COC3(CCCCC3)O2)cc1. The zero-order chi connectivity index (χ0) is 34.6. The highest BCUT2D eigenvalue weighted by Gasteiger charge is 2.51. The molecule has 5 rings (SSSR count). The van der Waals surface area contributed by atoms with E-state index in [2.05, 4.69) is 125 Å². The van der Waals surface area contributed by atoms with Crippen molar-refractivity contribution in [1.82, 2.24) is 0 Å². The number of allylic oxidation sites excluding steroid dienone is 3. The van der Waals surface area contributed by atoms with Crippen LogP contribution in [0.15, 0.2) is 109 Å². The third-order valence-corrected chi connectivity index (χ3v) is 15.2. The van der Waals surface area contributed by atoms with Crippen LogP contribution in [0, 0.1) is 0 Å². The Kier molecular flexibility index (Phi) is 13.5. The van der Waals surface area contributed by atoms with E-state index in [1.54, 1.807) is 7.11 Å². The minimum atomic E-state index is -2.54. The van der Waals surface area contributed by atoms with Gasteiger partial charge in [-0.05, 0) is 72.1 Å². The average Bonchev–Trinajstić information content (AvgIpc) is 3.50. The molecule has 1 heterocycles. The highest BCUT2D eigenvalue weighted by molar-refractivity contribution is 6.99. The predicted molar refractivity (Wildman–Crippen MR) is 203 cm³/mol. The summed E-state index contributed by atoms with van der Waals surface area (Å²) in [6, 6.07) is 29.9. The molecular weight excluding hydrogens is 625 g/mol. The van der Waals surface area contributed by atoms with Gasteiger partial charge in [-0.1, -0.05) is 124 Å². The van der Waals surface area contributed by atoms with Crippen LogP contribution in [-0.2, 0) is 25.2 Å². The Morgan fingerprint density at radius 3 is 2.14 bits per heavy atom. The maximum absolute atomic E-state index is 7.27. The number of benzene rings is 3. The molecule has 1 saturated carbocycles. The number of unbranched alkanes of at least 4 members (excludes halogenated alkanes) is 1. The monoisotopic (exact) mass is 682 g/mol. The Bertz CT molecular complexity index is 1400. The highest BCUT2D eigenvalue weighted by Crippen LogP contribution is 2.39. The summed E-state index contributed by atoms with van der Waals surface area (Å²) in [6.45, 7) is 10.4. The summed E-state index contributed by atoms with van der Waals surface area (Å²) < 4.78 is 31.8. The molecule has 5 nitrogen and oxygen atoms in total. The predicted octanol–water partition coefficient (Wildman–Crippen LogP) is 9.29. The van der Waals surface area contributed by atoms with Gasteiger partial charge in [0, 0.05) is 25.4 Å². The van der Waals surface area contributed by atoms with Crippen molar-refractivity contribution in [2.45, 2.75) is 121 Å². The summed E-state index contributed by atoms with van der Waals surface area (Å²) >= 11 is 0. The van der Waals surface area contributed by atoms with Crippen LogP contribution in [0.3, 0.4) is 0 Å². The van der Waals surface area contributed by atoms with Gasteiger partial charge in [-0.3, -0.25) is 0 Å². The van der Waals surface area contributed by atoms with Crippen molar-refractivity contribution in [1.29, 1.82) is 0 Å². The van der Waals surface area contributed by atoms with Crippen molar-refractivity contribution >= 4 is 18.7 Å². The first-order chi connectivity index (χ1) is 23.7. The first-order valence-corrected chi connectivity index (χ1v) is 20.3. The van der Waals surface area contributed by atoms with Crippen LogP contribution >= 0.6 is 0 Å². The average molecular weight is 683 g/mol. The van der Waals surface area contributed by atoms with E-state index in [1.807, 2.05) is 12.1 Å². The molecule has 6 heteroatoms. The van der Waals surface area contributed by atoms with Crippen molar-refractivity contribution in [3.63, 3.8) is 0 Å². The zero-order valence-corrected chi connectivity index (χ0v) is 31.4. The van der Waals surface area contributed by atoms with Crippen molar-refractivity contribution in [2.24, 2.45) is 0 Å². The Hall–Kier alpha value is -3.00. The van der Waals surface area contributed by atoms with Crippen LogP contribution in [0.5, 0.6) is 5.75 Å². The van der Waals surface area contributed by atoms with E-state index in [1.165, 1.54) is 29.6 Å². The Balaban J connectivity index is 1.16. The van der Waals surface area contributed by atoms with Gasteiger partial charge in [0.2, 0.25) is 0 Å². The molecule has 1 saturated heterocycles. The zero-order valence-electron chi connectivity index (χ0n) is 30.4. The van der Waals surface area contributed by atoms with Gasteiger partial charge >= 0.3 is 0 Å². The summed E-state index contributed by atoms with van der Waals surface area (Å²) in [5, 5.41) is 2.64. The van der Waals surface area contributed by atoms with Gasteiger partial charge in [-0.25, -0.2) is 0 Å². The molecule has 0 aromatic heterocycles. The van der Waals surface area contributed by atoms with Crippen molar-refractivity contribution in [3.8, 4) is 5.75 Å². The largest absolute Gasteiger partial charge is 0.497 e. The summed E-state index contributed by atoms with van der Waals surface area (Å²) in [7, 11) is -0.853. The molecule has 0 N–H and O–H groups in total. The Morgan fingerprint density at radius 1 is 0.878 bits per heavy atom. The topological polar surface area (TPSA) is 46.2 Å². The molecule has 1 aliphatic carbocycles. The number of rotatable bonds is 16. The van der Waals surface area contributed by atoms with Crippen LogP contribution in [0.4, 0.5) is 0 Å². The van der Waals surface area contributed by atoms with Crippen molar-refractivity contribution in [2.75, 3.05) is 13.7 Å². The summed E-state index contributed by atoms with van der Waals surface area (Å²) in [5.74, 6) is 0.481. The summed E-state index contributed by atoms with van der Waals surface area (Å²) in [4.78, 5) is 0. The van der Waals surface area contributed by atoms with E-state index in [0.717, 1.165) is 49.8 Å². The molecule has 49 heavy (non-hydrogen) atoms. The van der Waals surface area contributed by atoms with Crippen LogP contribution in [0.2, 0.25) is 5.04 Å². The lowest BCUT2D eigenvalue weighted by molar-refractivity contribution is -0.189. The van der Waals surface area contributed by atoms with Crippen molar-refractivity contribution in [3.05, 3.63) is 115 Å². The maximum atomic E-state index is 7.27. The molecule has 0 amide bonds. The fraction of sp³-hybridized carbons (Fsp3) is 0.488. The molecule has 0 unspecified atom stereocenters. The van der Waals surface area contributed by atoms with Crippen LogP contribution in [-0.4, -0.2) is 46.1 Å². The molecule has 3 atom stereocenters. The van der Waals surface area contributed by atoms with E-state index in [4.69, 9.17) is 23.4 Å². The van der Waals surface area contributed by atoms with Gasteiger partial charge in [-0.15, -0.1) is 0 Å². The van der Waals surface area contributed by atoms with Gasteiger partial charge in [0.05, 0.1) is 32.5 Å². The maximum Gasteiger partial charge on any atom is 0.261 e. The quantitative estimate of drug-likeness (QED) is 0.0857. The molecule has 1 aliphatic heterocycles. The van der Waals surface area contributed by atoms with E-state index in [9.17, 15) is 0 Å². The van der Waals surface area contributed by atoms with Crippen LogP contribution in [0.25, 0.3) is 0 Å². The highest BCUT2D eigenvalue weighted by atomic mass is 28.4. The second-order valence-electron chi connectivity index (χ2n) is 14.8. The first-order valence-electron chi connectivity index (χ1n) is 18.4. The lowest BCUT2D eigenvalue weighted by Crippen LogP contribution is -2.67. The number of hydrogen-bond donors (Lipinski definition) is 0. The molecule has 3 aromatic rings. The van der Waals surface area contributed by atoms with Gasteiger partial charge in [0.1, 0.15) is 5.75 Å². The Labute approximate surface area is 296 Å². The number of hydrogen-bond acceptors (Lipinski definition) is 5. The number of methoxy groups -OCH3 is 1. The molecule has 0 radical (unpaired) electrons. The number of ether oxygens (including phenoxy) is 4. The standard InChI is InChI=1S/C43H58O5Si/c1-35(48-49(42(2,3)4,40-22-14-9-15-23-40)41-24-16-10-17-25-41)20-12-7-6-8-13-21-38(45-33-36-26-28-37(44-5)29-27-36)32-39-34-46-43(47-39)30-18-11-19-31-43/h6,8-10,13-17,21-29,35,38-39H,7,11-12,18-20,30-34H2,1-5H3/b8-6+,21-13+/t35-,38+,39-/m1/s1. The molecule has 1 spiro atoms. The van der Waals surface area contributed by atoms with Crippen LogP contribution < -0.4 is 15.1 Å². The summed E-state index contributed by atoms with van der Waals surface area (Å²) in [6.07, 6.45) is 18.3. The van der Waals surface area contributed by atoms with Gasteiger partial charge in [0.25, 0.3) is 8.32 Å². The first kappa shape index (κ1) is 37.3. The van der Waals surface area contributed by atoms with Crippen LogP contribution in [0.1, 0.15) is 91.0 Å². The van der Waals surface area contributed by atoms with E-state index in [-0.39, 0.29) is 29.1 Å². The fourth-order valence-electron chi connectivity index (χ4n) is 7.41. The van der Waals surface area contributed by atoms with Gasteiger partial charge in [0.15, 0.2) is 5.79 Å². The third-order valence-electron chi connectivity index (χ3n) is 10.00. The molecule has 2 aliphatic rings. The second-order valence-corrected chi connectivity index (χ2v) is 19.0. The molecule has 2 fully saturated rings. The van der Waals surface area contributed by atoms with E-state index < -0.39 is 8.32 Å². The molecule has 0 bridgehead atoms. The molecule has 264 valence electrons. The fourth-order valence-corrected chi connectivity index (χ4v) is 12.1. The molecule has 3 aromatic carbocycles. The molecular formula is C43H58O5Si. The Morgan fingerprint density at radius 2 is 1.53 bits per heavy atom. The van der Waals surface area contributed by atoms with Crippen molar-refractivity contribution < 1.29 is 23.4 Å². The van der Waals surface area contributed by atoms with Gasteiger partial charge in [-0.2, -0.15) is 0 Å². The minimum Gasteiger partial charge on any atom is -0.497 e. The second kappa shape index (κ2) is 17.8. The summed E-state index contributed by atoms with van der Waals surface area (Å²) in [5.41, 5.74) is 1.12. The van der Waals surface area contributed by atoms with E-state index >= 15 is 0 Å².